The topological polar surface area (TPSA) is 78.7 Å². The zero-order valence-electron chi connectivity index (χ0n) is 11.1. The third kappa shape index (κ3) is 6.22. The van der Waals surface area contributed by atoms with Crippen molar-refractivity contribution in [3.05, 3.63) is 34.4 Å². The Balaban J connectivity index is 2.23. The fraction of sp³-hybridized carbons (Fsp3) is 0.462. The summed E-state index contributed by atoms with van der Waals surface area (Å²) in [7, 11) is 5.36. The van der Waals surface area contributed by atoms with E-state index in [-0.39, 0.29) is 18.0 Å². The maximum atomic E-state index is 11.3. The molecule has 0 unspecified atom stereocenters. The van der Waals surface area contributed by atoms with E-state index in [1.807, 2.05) is 0 Å². The smallest absolute Gasteiger partial charge is 0.434 e. The van der Waals surface area contributed by atoms with Crippen molar-refractivity contribution in [3.8, 4) is 5.75 Å². The van der Waals surface area contributed by atoms with Crippen LogP contribution in [0.1, 0.15) is 25.7 Å². The molecule has 0 atom stereocenters. The number of rotatable bonds is 8. The van der Waals surface area contributed by atoms with E-state index < -0.39 is 11.1 Å². The molecule has 0 fully saturated rings. The van der Waals surface area contributed by atoms with E-state index in [1.54, 1.807) is 0 Å². The summed E-state index contributed by atoms with van der Waals surface area (Å²) in [5.41, 5.74) is -0.0642. The second-order valence-electron chi connectivity index (χ2n) is 4.15. The van der Waals surface area contributed by atoms with Crippen molar-refractivity contribution in [1.82, 2.24) is 0 Å². The predicted molar refractivity (Wildman–Crippen MR) is 74.1 cm³/mol. The molecule has 0 aromatic heterocycles. The van der Waals surface area contributed by atoms with E-state index in [2.05, 4.69) is 0 Å². The summed E-state index contributed by atoms with van der Waals surface area (Å²) in [5, 5.41) is 10.4. The Kier molecular flexibility index (Phi) is 7.17. The number of unbranched alkanes of at least 4 members (excludes halogenated alkanes) is 3. The lowest BCUT2D eigenvalue weighted by Gasteiger charge is -2.05. The van der Waals surface area contributed by atoms with Crippen molar-refractivity contribution in [2.75, 3.05) is 6.61 Å². The summed E-state index contributed by atoms with van der Waals surface area (Å²) in [6.07, 6.45) is 3.54. The zero-order chi connectivity index (χ0) is 14.8. The number of hydrogen-bond donors (Lipinski definition) is 0. The summed E-state index contributed by atoms with van der Waals surface area (Å²) >= 11 is 0. The Labute approximate surface area is 118 Å². The molecule has 0 N–H and O–H groups in total. The molecule has 1 rings (SSSR count). The summed E-state index contributed by atoms with van der Waals surface area (Å²) < 4.78 is 9.75. The number of nitrogens with zero attached hydrogens (tertiary/aromatic N) is 1. The van der Waals surface area contributed by atoms with Crippen molar-refractivity contribution in [1.29, 1.82) is 0 Å². The molecular weight excluding hydrogens is 261 g/mol. The van der Waals surface area contributed by atoms with Crippen LogP contribution in [-0.4, -0.2) is 25.5 Å². The second-order valence-corrected chi connectivity index (χ2v) is 4.15. The summed E-state index contributed by atoms with van der Waals surface area (Å²) in [5.74, 6) is 0.212. The van der Waals surface area contributed by atoms with Crippen molar-refractivity contribution in [2.45, 2.75) is 32.0 Å². The highest BCUT2D eigenvalue weighted by Crippen LogP contribution is 2.17. The molecular formula is C13H16BNO5. The van der Waals surface area contributed by atoms with Crippen LogP contribution in [0.25, 0.3) is 0 Å². The number of nitro benzene ring substituents is 1. The molecule has 0 amide bonds. The molecule has 1 aromatic carbocycles. The van der Waals surface area contributed by atoms with Crippen molar-refractivity contribution in [2.24, 2.45) is 0 Å². The molecule has 0 bridgehead atoms. The van der Waals surface area contributed by atoms with Gasteiger partial charge in [-0.15, -0.1) is 0 Å². The number of carbonyl (C=O) groups is 1. The summed E-state index contributed by atoms with van der Waals surface area (Å²) in [6.45, 7) is 0.288. The molecule has 0 saturated heterocycles. The number of nitro groups is 1. The van der Waals surface area contributed by atoms with Gasteiger partial charge in [-0.05, 0) is 18.6 Å². The number of benzene rings is 1. The lowest BCUT2D eigenvalue weighted by atomic mass is 9.99. The Morgan fingerprint density at radius 3 is 2.40 bits per heavy atom. The zero-order valence-corrected chi connectivity index (χ0v) is 11.1. The minimum Gasteiger partial charge on any atom is -0.434 e. The molecule has 0 saturated carbocycles. The van der Waals surface area contributed by atoms with Crippen LogP contribution in [0.5, 0.6) is 5.75 Å². The molecule has 0 aliphatic heterocycles. The first-order valence-electron chi connectivity index (χ1n) is 6.42. The third-order valence-electron chi connectivity index (χ3n) is 2.57. The van der Waals surface area contributed by atoms with Gasteiger partial charge in [-0.3, -0.25) is 10.1 Å². The molecule has 106 valence electrons. The van der Waals surface area contributed by atoms with E-state index in [0.717, 1.165) is 25.7 Å². The molecule has 0 aliphatic rings. The maximum absolute atomic E-state index is 11.3. The Hall–Kier alpha value is -2.05. The van der Waals surface area contributed by atoms with Gasteiger partial charge in [-0.25, -0.2) is 4.79 Å². The van der Waals surface area contributed by atoms with Crippen LogP contribution in [0.4, 0.5) is 10.5 Å². The van der Waals surface area contributed by atoms with Gasteiger partial charge >= 0.3 is 6.16 Å². The molecule has 6 nitrogen and oxygen atoms in total. The minimum atomic E-state index is -0.808. The monoisotopic (exact) mass is 277 g/mol. The standard InChI is InChI=1S/C13H16BNO5/c14-9-3-1-2-4-10-19-13(16)20-12-7-5-11(6-8-12)15(17)18/h5-8H,1-4,9-10H2. The Bertz CT molecular complexity index is 435. The normalized spacial score (nSPS) is 10.0. The Morgan fingerprint density at radius 2 is 1.80 bits per heavy atom. The first-order chi connectivity index (χ1) is 9.63. The number of non-ortho nitro benzene ring substituents is 1. The van der Waals surface area contributed by atoms with Crippen molar-refractivity contribution in [3.63, 3.8) is 0 Å². The van der Waals surface area contributed by atoms with Gasteiger partial charge in [0.15, 0.2) is 0 Å². The largest absolute Gasteiger partial charge is 0.513 e. The van der Waals surface area contributed by atoms with Gasteiger partial charge in [-0.1, -0.05) is 25.6 Å². The van der Waals surface area contributed by atoms with E-state index in [4.69, 9.17) is 17.3 Å². The quantitative estimate of drug-likeness (QED) is 0.182. The van der Waals surface area contributed by atoms with Crippen LogP contribution in [0.2, 0.25) is 6.32 Å². The van der Waals surface area contributed by atoms with E-state index in [9.17, 15) is 14.9 Å². The van der Waals surface area contributed by atoms with Gasteiger partial charge in [-0.2, -0.15) is 0 Å². The van der Waals surface area contributed by atoms with Crippen molar-refractivity contribution >= 4 is 19.7 Å². The van der Waals surface area contributed by atoms with Crippen LogP contribution >= 0.6 is 0 Å². The molecule has 0 heterocycles. The highest BCUT2D eigenvalue weighted by Gasteiger charge is 2.08. The van der Waals surface area contributed by atoms with Crippen LogP contribution in [0, 0.1) is 10.1 Å². The predicted octanol–water partition coefficient (Wildman–Crippen LogP) is 3.26. The lowest BCUT2D eigenvalue weighted by molar-refractivity contribution is -0.384. The molecule has 2 radical (unpaired) electrons. The van der Waals surface area contributed by atoms with Gasteiger partial charge in [0, 0.05) is 12.1 Å². The average molecular weight is 277 g/mol. The first kappa shape index (κ1) is 16.0. The van der Waals surface area contributed by atoms with Crippen LogP contribution in [0.15, 0.2) is 24.3 Å². The fourth-order valence-corrected chi connectivity index (χ4v) is 1.52. The van der Waals surface area contributed by atoms with Crippen LogP contribution < -0.4 is 4.74 Å². The van der Waals surface area contributed by atoms with E-state index in [0.29, 0.717) is 6.32 Å². The second kappa shape index (κ2) is 8.95. The third-order valence-corrected chi connectivity index (χ3v) is 2.57. The van der Waals surface area contributed by atoms with Crippen molar-refractivity contribution < 1.29 is 19.2 Å². The number of carbonyl (C=O) groups excluding carboxylic acids is 1. The van der Waals surface area contributed by atoms with Crippen LogP contribution in [0.3, 0.4) is 0 Å². The first-order valence-corrected chi connectivity index (χ1v) is 6.42. The van der Waals surface area contributed by atoms with Crippen LogP contribution in [-0.2, 0) is 4.74 Å². The van der Waals surface area contributed by atoms with E-state index in [1.165, 1.54) is 24.3 Å². The average Bonchev–Trinajstić information content (AvgIpc) is 2.43. The van der Waals surface area contributed by atoms with Gasteiger partial charge < -0.3 is 9.47 Å². The lowest BCUT2D eigenvalue weighted by Crippen LogP contribution is -2.11. The molecule has 20 heavy (non-hydrogen) atoms. The number of ether oxygens (including phenoxy) is 2. The van der Waals surface area contributed by atoms with Gasteiger partial charge in [0.1, 0.15) is 5.75 Å². The van der Waals surface area contributed by atoms with Gasteiger partial charge in [0.05, 0.1) is 19.4 Å². The molecule has 7 heteroatoms. The molecule has 1 aromatic rings. The SMILES string of the molecule is [B]CCCCCCOC(=O)Oc1ccc([N+](=O)[O-])cc1. The van der Waals surface area contributed by atoms with E-state index >= 15 is 0 Å². The number of hydrogen-bond acceptors (Lipinski definition) is 5. The maximum Gasteiger partial charge on any atom is 0.513 e. The Morgan fingerprint density at radius 1 is 1.15 bits per heavy atom. The molecule has 0 aliphatic carbocycles. The van der Waals surface area contributed by atoms with Gasteiger partial charge in [0.25, 0.3) is 5.69 Å². The highest BCUT2D eigenvalue weighted by atomic mass is 16.7. The molecule has 0 spiro atoms. The minimum absolute atomic E-state index is 0.0642. The summed E-state index contributed by atoms with van der Waals surface area (Å²) in [6, 6.07) is 5.21. The highest BCUT2D eigenvalue weighted by molar-refractivity contribution is 6.08. The van der Waals surface area contributed by atoms with Gasteiger partial charge in [0.2, 0.25) is 0 Å². The fourth-order valence-electron chi connectivity index (χ4n) is 1.52. The summed E-state index contributed by atoms with van der Waals surface area (Å²) in [4.78, 5) is 21.2.